The monoisotopic (exact) mass is 664 g/mol. The number of anilines is 1. The van der Waals surface area contributed by atoms with Crippen LogP contribution in [0.25, 0.3) is 11.1 Å². The van der Waals surface area contributed by atoms with Crippen LogP contribution in [0.5, 0.6) is 0 Å². The van der Waals surface area contributed by atoms with Gasteiger partial charge in [0.2, 0.25) is 0 Å². The molecule has 3 aliphatic rings. The SMILES string of the molecule is C[C@@]1(F)[C@H](N)[C@@H](COP(O)(=S)OP(=O)(O)OC2OC3(O)C2C(O)C(O)C3[C@@H](F)CO)O[C@H]1c1coc2c(N)ncnc12. The van der Waals surface area contributed by atoms with E-state index < -0.39 is 94.0 Å². The smallest absolute Gasteiger partial charge is 0.458 e. The van der Waals surface area contributed by atoms with Gasteiger partial charge >= 0.3 is 14.5 Å². The molecule has 8 unspecified atom stereocenters. The number of alkyl halides is 2. The second-order valence-corrected chi connectivity index (χ2v) is 14.6. The quantitative estimate of drug-likeness (QED) is 0.142. The summed E-state index contributed by atoms with van der Waals surface area (Å²) >= 11 is 4.76. The van der Waals surface area contributed by atoms with Gasteiger partial charge in [-0.1, -0.05) is 0 Å². The highest BCUT2D eigenvalue weighted by Gasteiger charge is 2.74. The van der Waals surface area contributed by atoms with Crippen LogP contribution in [0.1, 0.15) is 18.6 Å². The molecule has 0 aromatic carbocycles. The van der Waals surface area contributed by atoms with E-state index in [1.54, 1.807) is 0 Å². The van der Waals surface area contributed by atoms with Crippen LogP contribution in [0.4, 0.5) is 14.6 Å². The number of nitrogen functional groups attached to an aromatic ring is 1. The van der Waals surface area contributed by atoms with Crippen molar-refractivity contribution >= 4 is 43.3 Å². The lowest BCUT2D eigenvalue weighted by Gasteiger charge is -2.49. The molecule has 0 amide bonds. The first-order valence-electron chi connectivity index (χ1n) is 12.2. The minimum Gasteiger partial charge on any atom is -0.458 e. The van der Waals surface area contributed by atoms with E-state index in [1.165, 1.54) is 6.26 Å². The summed E-state index contributed by atoms with van der Waals surface area (Å²) in [6.07, 6.45) is -8.26. The van der Waals surface area contributed by atoms with Crippen molar-refractivity contribution in [3.8, 4) is 0 Å². The Bertz CT molecular complexity index is 1440. The van der Waals surface area contributed by atoms with Gasteiger partial charge in [0.05, 0.1) is 49.6 Å². The van der Waals surface area contributed by atoms with Gasteiger partial charge in [0.1, 0.15) is 30.2 Å². The van der Waals surface area contributed by atoms with Gasteiger partial charge in [-0.3, -0.25) is 4.52 Å². The number of aliphatic hydroxyl groups is 4. The van der Waals surface area contributed by atoms with Gasteiger partial charge in [-0.2, -0.15) is 0 Å². The fourth-order valence-electron chi connectivity index (χ4n) is 5.51. The Morgan fingerprint density at radius 1 is 1.29 bits per heavy atom. The van der Waals surface area contributed by atoms with Crippen LogP contribution in [-0.4, -0.2) is 102 Å². The number of hydrogen-bond acceptors (Lipinski definition) is 16. The number of ether oxygens (including phenoxy) is 2. The van der Waals surface area contributed by atoms with Crippen molar-refractivity contribution in [2.45, 2.75) is 61.3 Å². The van der Waals surface area contributed by atoms with Crippen LogP contribution in [0.2, 0.25) is 0 Å². The molecule has 42 heavy (non-hydrogen) atoms. The molecule has 2 aromatic rings. The van der Waals surface area contributed by atoms with Gasteiger partial charge in [-0.25, -0.2) is 27.6 Å². The molecule has 0 radical (unpaired) electrons. The lowest BCUT2D eigenvalue weighted by Crippen LogP contribution is -2.64. The average molecular weight is 664 g/mol. The molecule has 2 aliphatic heterocycles. The van der Waals surface area contributed by atoms with Gasteiger partial charge < -0.3 is 60.1 Å². The molecule has 5 rings (SSSR count). The molecule has 0 bridgehead atoms. The highest BCUT2D eigenvalue weighted by molar-refractivity contribution is 8.08. The van der Waals surface area contributed by atoms with Gasteiger partial charge in [-0.15, -0.1) is 0 Å². The van der Waals surface area contributed by atoms with Crippen molar-refractivity contribution in [3.05, 3.63) is 18.2 Å². The van der Waals surface area contributed by atoms with Crippen LogP contribution in [-0.2, 0) is 39.2 Å². The summed E-state index contributed by atoms with van der Waals surface area (Å²) in [6.45, 7) is -5.34. The first-order chi connectivity index (χ1) is 19.4. The van der Waals surface area contributed by atoms with Crippen molar-refractivity contribution in [2.75, 3.05) is 18.9 Å². The van der Waals surface area contributed by atoms with Crippen LogP contribution in [0.15, 0.2) is 17.0 Å². The summed E-state index contributed by atoms with van der Waals surface area (Å²) in [5.41, 5.74) is 9.98. The number of nitrogens with two attached hydrogens (primary N) is 2. The second kappa shape index (κ2) is 10.9. The summed E-state index contributed by atoms with van der Waals surface area (Å²) in [5.74, 6) is -5.99. The summed E-state index contributed by atoms with van der Waals surface area (Å²) in [7, 11) is -5.38. The first kappa shape index (κ1) is 32.1. The summed E-state index contributed by atoms with van der Waals surface area (Å²) in [6, 6.07) is -1.37. The largest absolute Gasteiger partial charge is 0.481 e. The average Bonchev–Trinajstić information content (AvgIpc) is 3.44. The predicted molar refractivity (Wildman–Crippen MR) is 137 cm³/mol. The van der Waals surface area contributed by atoms with Gasteiger partial charge in [-0.05, 0) is 18.7 Å². The molecule has 0 spiro atoms. The van der Waals surface area contributed by atoms with E-state index in [1.807, 2.05) is 0 Å². The number of halogens is 2. The lowest BCUT2D eigenvalue weighted by atomic mass is 9.87. The van der Waals surface area contributed by atoms with Crippen molar-refractivity contribution in [2.24, 2.45) is 17.6 Å². The summed E-state index contributed by atoms with van der Waals surface area (Å²) in [5, 5.41) is 39.9. The highest BCUT2D eigenvalue weighted by Crippen LogP contribution is 2.65. The van der Waals surface area contributed by atoms with E-state index in [-0.39, 0.29) is 22.5 Å². The molecule has 1 aliphatic carbocycles. The zero-order valence-electron chi connectivity index (χ0n) is 21.4. The standard InChI is InChI=1S/C20H28F2N4O13P2S/c1-19(22)15(23)8(36-16(19)6-3-34-14-11(6)25-5-26-17(14)24)4-35-41(33,42)39-40(31,32)38-18-10-13(29)12(28)9(7(21)2-27)20(10,30)37-18/h3,5,7-10,12-13,15-16,18,27-30H,2,4,23H2,1H3,(H,31,32)(H,33,42)(H2,24,25,26)/t7-,8+,9?,10?,12?,13?,15+,16-,18?,19+,20?,41?/m0/s1. The maximum absolute atomic E-state index is 15.7. The number of phosphoric acid groups is 1. The Hall–Kier alpha value is -1.32. The molecule has 1 saturated carbocycles. The molecule has 4 heterocycles. The van der Waals surface area contributed by atoms with Crippen molar-refractivity contribution in [3.63, 3.8) is 0 Å². The molecule has 3 fully saturated rings. The third-order valence-corrected chi connectivity index (χ3v) is 11.1. The zero-order valence-corrected chi connectivity index (χ0v) is 24.0. The van der Waals surface area contributed by atoms with E-state index in [2.05, 4.69) is 14.3 Å². The molecular weight excluding hydrogens is 636 g/mol. The van der Waals surface area contributed by atoms with Crippen LogP contribution in [0.3, 0.4) is 0 Å². The minimum atomic E-state index is -5.38. The normalized spacial score (nSPS) is 41.7. The Labute approximate surface area is 240 Å². The number of nitrogens with zero attached hydrogens (tertiary/aromatic N) is 2. The Balaban J connectivity index is 1.22. The summed E-state index contributed by atoms with van der Waals surface area (Å²) < 4.78 is 72.8. The van der Waals surface area contributed by atoms with Crippen LogP contribution < -0.4 is 11.5 Å². The number of aliphatic hydroxyl groups excluding tert-OH is 3. The lowest BCUT2D eigenvalue weighted by molar-refractivity contribution is -0.426. The predicted octanol–water partition coefficient (Wildman–Crippen LogP) is -0.990. The van der Waals surface area contributed by atoms with Gasteiger partial charge in [0.15, 0.2) is 29.1 Å². The second-order valence-electron chi connectivity index (χ2n) is 10.2. The van der Waals surface area contributed by atoms with Gasteiger partial charge in [0.25, 0.3) is 0 Å². The van der Waals surface area contributed by atoms with E-state index in [0.29, 0.717) is 0 Å². The third kappa shape index (κ3) is 5.31. The Kier molecular flexibility index (Phi) is 8.35. The number of fused-ring (bicyclic) bond motifs is 2. The Morgan fingerprint density at radius 2 is 1.98 bits per heavy atom. The van der Waals surface area contributed by atoms with E-state index in [9.17, 15) is 34.1 Å². The topological polar surface area (TPSA) is 276 Å². The molecule has 17 nitrogen and oxygen atoms in total. The number of rotatable bonds is 10. The van der Waals surface area contributed by atoms with Crippen LogP contribution >= 0.6 is 14.5 Å². The molecule has 2 aromatic heterocycles. The molecule has 22 heteroatoms. The van der Waals surface area contributed by atoms with Crippen molar-refractivity contribution in [1.82, 2.24) is 9.97 Å². The fourth-order valence-corrected chi connectivity index (χ4v) is 8.61. The molecular formula is C20H28F2N4O13P2S. The number of hydrogen-bond donors (Lipinski definition) is 8. The van der Waals surface area contributed by atoms with E-state index in [0.717, 1.165) is 13.3 Å². The van der Waals surface area contributed by atoms with Crippen LogP contribution in [0, 0.1) is 11.8 Å². The van der Waals surface area contributed by atoms with E-state index >= 15 is 4.39 Å². The zero-order chi connectivity index (χ0) is 31.0. The first-order valence-corrected chi connectivity index (χ1v) is 16.3. The van der Waals surface area contributed by atoms with E-state index in [4.69, 9.17) is 51.3 Å². The summed E-state index contributed by atoms with van der Waals surface area (Å²) in [4.78, 5) is 28.4. The number of aromatic nitrogens is 2. The van der Waals surface area contributed by atoms with Crippen molar-refractivity contribution < 1.29 is 70.8 Å². The molecule has 10 N–H and O–H groups in total. The number of phosphoric ester groups is 1. The number of furan rings is 1. The molecule has 2 saturated heterocycles. The van der Waals surface area contributed by atoms with Crippen molar-refractivity contribution in [1.29, 1.82) is 0 Å². The Morgan fingerprint density at radius 3 is 2.64 bits per heavy atom. The van der Waals surface area contributed by atoms with Gasteiger partial charge in [0, 0.05) is 5.56 Å². The molecule has 236 valence electrons. The fraction of sp³-hybridized carbons (Fsp3) is 0.700. The maximum Gasteiger partial charge on any atom is 0.481 e. The molecule has 13 atom stereocenters. The highest BCUT2D eigenvalue weighted by atomic mass is 32.5. The maximum atomic E-state index is 15.7. The third-order valence-electron chi connectivity index (χ3n) is 7.62. The minimum absolute atomic E-state index is 0.00921.